The Morgan fingerprint density at radius 2 is 1.78 bits per heavy atom. The maximum absolute atomic E-state index is 12.6. The Bertz CT molecular complexity index is 689. The summed E-state index contributed by atoms with van der Waals surface area (Å²) in [5.41, 5.74) is 1.99. The van der Waals surface area contributed by atoms with Crippen molar-refractivity contribution in [3.05, 3.63) is 65.2 Å². The summed E-state index contributed by atoms with van der Waals surface area (Å²) < 4.78 is 4.72. The highest BCUT2D eigenvalue weighted by molar-refractivity contribution is 5.98. The van der Waals surface area contributed by atoms with Crippen molar-refractivity contribution in [2.75, 3.05) is 7.11 Å². The molecule has 0 aliphatic rings. The third-order valence-corrected chi connectivity index (χ3v) is 3.85. The molecule has 0 aliphatic carbocycles. The molecule has 0 aromatic heterocycles. The summed E-state index contributed by atoms with van der Waals surface area (Å²) in [5, 5.41) is 9.32. The van der Waals surface area contributed by atoms with Gasteiger partial charge in [-0.05, 0) is 54.8 Å². The summed E-state index contributed by atoms with van der Waals surface area (Å²) in [5.74, 6) is -0.381. The summed E-state index contributed by atoms with van der Waals surface area (Å²) in [7, 11) is 1.35. The van der Waals surface area contributed by atoms with Gasteiger partial charge in [0.25, 0.3) is 0 Å². The number of esters is 1. The van der Waals surface area contributed by atoms with Gasteiger partial charge < -0.3 is 9.84 Å². The van der Waals surface area contributed by atoms with E-state index in [9.17, 15) is 14.7 Å². The van der Waals surface area contributed by atoms with E-state index in [-0.39, 0.29) is 23.4 Å². The number of phenols is 1. The molecule has 0 radical (unpaired) electrons. The number of hydrogen-bond acceptors (Lipinski definition) is 4. The lowest BCUT2D eigenvalue weighted by molar-refractivity contribution is 0.0600. The van der Waals surface area contributed by atoms with E-state index >= 15 is 0 Å². The molecule has 1 atom stereocenters. The minimum atomic E-state index is -0.384. The molecule has 4 nitrogen and oxygen atoms in total. The van der Waals surface area contributed by atoms with Gasteiger partial charge in [-0.25, -0.2) is 4.79 Å². The topological polar surface area (TPSA) is 63.6 Å². The lowest BCUT2D eigenvalue weighted by Crippen LogP contribution is -2.17. The van der Waals surface area contributed by atoms with Crippen molar-refractivity contribution in [1.82, 2.24) is 0 Å². The van der Waals surface area contributed by atoms with Gasteiger partial charge in [0.05, 0.1) is 12.7 Å². The highest BCUT2D eigenvalue weighted by Gasteiger charge is 2.19. The van der Waals surface area contributed by atoms with Crippen LogP contribution in [0.5, 0.6) is 5.75 Å². The number of phenolic OH excluding ortho intramolecular Hbond substituents is 1. The van der Waals surface area contributed by atoms with Gasteiger partial charge in [0.2, 0.25) is 0 Å². The minimum Gasteiger partial charge on any atom is -0.508 e. The average molecular weight is 312 g/mol. The Balaban J connectivity index is 2.17. The third-order valence-electron chi connectivity index (χ3n) is 3.85. The second-order valence-electron chi connectivity index (χ2n) is 5.41. The van der Waals surface area contributed by atoms with E-state index in [1.807, 2.05) is 13.0 Å². The molecule has 120 valence electrons. The molecule has 2 aromatic rings. The van der Waals surface area contributed by atoms with E-state index in [1.54, 1.807) is 30.3 Å². The molecule has 4 heteroatoms. The van der Waals surface area contributed by atoms with Gasteiger partial charge in [-0.1, -0.05) is 19.1 Å². The van der Waals surface area contributed by atoms with Crippen molar-refractivity contribution in [2.24, 2.45) is 5.92 Å². The first kappa shape index (κ1) is 16.7. The SMILES string of the molecule is CCC(Cc1cccc(C(=O)OC)c1)C(=O)c1ccc(O)cc1. The predicted octanol–water partition coefficient (Wildman–Crippen LogP) is 3.63. The van der Waals surface area contributed by atoms with Gasteiger partial charge >= 0.3 is 5.97 Å². The Hall–Kier alpha value is -2.62. The number of methoxy groups -OCH3 is 1. The van der Waals surface area contributed by atoms with Crippen LogP contribution in [0.3, 0.4) is 0 Å². The van der Waals surface area contributed by atoms with Crippen LogP contribution in [0.15, 0.2) is 48.5 Å². The Morgan fingerprint density at radius 1 is 1.09 bits per heavy atom. The normalized spacial score (nSPS) is 11.7. The summed E-state index contributed by atoms with van der Waals surface area (Å²) >= 11 is 0. The van der Waals surface area contributed by atoms with Crippen LogP contribution in [-0.4, -0.2) is 24.0 Å². The first-order valence-electron chi connectivity index (χ1n) is 7.55. The Labute approximate surface area is 135 Å². The average Bonchev–Trinajstić information content (AvgIpc) is 2.59. The van der Waals surface area contributed by atoms with Crippen LogP contribution in [0, 0.1) is 5.92 Å². The molecule has 0 heterocycles. The van der Waals surface area contributed by atoms with Gasteiger partial charge in [-0.3, -0.25) is 4.79 Å². The molecule has 0 aliphatic heterocycles. The van der Waals surface area contributed by atoms with E-state index in [1.165, 1.54) is 19.2 Å². The molecule has 0 saturated heterocycles. The summed E-state index contributed by atoms with van der Waals surface area (Å²) in [6.45, 7) is 1.97. The van der Waals surface area contributed by atoms with Crippen LogP contribution in [0.1, 0.15) is 39.6 Å². The van der Waals surface area contributed by atoms with Crippen LogP contribution in [0.2, 0.25) is 0 Å². The van der Waals surface area contributed by atoms with Crippen molar-refractivity contribution < 1.29 is 19.4 Å². The zero-order valence-corrected chi connectivity index (χ0v) is 13.3. The van der Waals surface area contributed by atoms with Gasteiger partial charge in [0, 0.05) is 11.5 Å². The van der Waals surface area contributed by atoms with Crippen LogP contribution in [0.25, 0.3) is 0 Å². The molecule has 0 bridgehead atoms. The molecule has 0 amide bonds. The molecular weight excluding hydrogens is 292 g/mol. The first-order valence-corrected chi connectivity index (χ1v) is 7.55. The van der Waals surface area contributed by atoms with E-state index < -0.39 is 0 Å². The molecule has 0 saturated carbocycles. The molecule has 23 heavy (non-hydrogen) atoms. The Kier molecular flexibility index (Phi) is 5.52. The summed E-state index contributed by atoms with van der Waals surface area (Å²) in [4.78, 5) is 24.2. The fraction of sp³-hybridized carbons (Fsp3) is 0.263. The quantitative estimate of drug-likeness (QED) is 0.653. The number of carbonyl (C=O) groups is 2. The smallest absolute Gasteiger partial charge is 0.337 e. The molecule has 2 rings (SSSR count). The maximum atomic E-state index is 12.6. The van der Waals surface area contributed by atoms with Gasteiger partial charge in [-0.2, -0.15) is 0 Å². The number of ketones is 1. The maximum Gasteiger partial charge on any atom is 0.337 e. The number of carbonyl (C=O) groups excluding carboxylic acids is 2. The van der Waals surface area contributed by atoms with Crippen molar-refractivity contribution in [3.8, 4) is 5.75 Å². The van der Waals surface area contributed by atoms with E-state index in [4.69, 9.17) is 4.74 Å². The number of rotatable bonds is 6. The molecule has 1 N–H and O–H groups in total. The van der Waals surface area contributed by atoms with Crippen LogP contribution in [-0.2, 0) is 11.2 Å². The molecular formula is C19H20O4. The highest BCUT2D eigenvalue weighted by atomic mass is 16.5. The number of benzene rings is 2. The number of hydrogen-bond donors (Lipinski definition) is 1. The second-order valence-corrected chi connectivity index (χ2v) is 5.41. The zero-order valence-electron chi connectivity index (χ0n) is 13.3. The van der Waals surface area contributed by atoms with E-state index in [2.05, 4.69) is 0 Å². The first-order chi connectivity index (χ1) is 11.0. The molecule has 1 unspecified atom stereocenters. The van der Waals surface area contributed by atoms with Crippen LogP contribution < -0.4 is 0 Å². The van der Waals surface area contributed by atoms with Crippen molar-refractivity contribution in [3.63, 3.8) is 0 Å². The van der Waals surface area contributed by atoms with Crippen LogP contribution in [0.4, 0.5) is 0 Å². The highest BCUT2D eigenvalue weighted by Crippen LogP contribution is 2.20. The number of Topliss-reactive ketones (excluding diaryl/α,β-unsaturated/α-hetero) is 1. The lowest BCUT2D eigenvalue weighted by atomic mass is 9.89. The third kappa shape index (κ3) is 4.19. The Morgan fingerprint density at radius 3 is 2.39 bits per heavy atom. The van der Waals surface area contributed by atoms with Gasteiger partial charge in [0.15, 0.2) is 5.78 Å². The zero-order chi connectivity index (χ0) is 16.8. The molecule has 2 aromatic carbocycles. The van der Waals surface area contributed by atoms with Crippen molar-refractivity contribution >= 4 is 11.8 Å². The fourth-order valence-electron chi connectivity index (χ4n) is 2.51. The predicted molar refractivity (Wildman–Crippen MR) is 87.7 cm³/mol. The van der Waals surface area contributed by atoms with Crippen molar-refractivity contribution in [2.45, 2.75) is 19.8 Å². The second kappa shape index (κ2) is 7.58. The summed E-state index contributed by atoms with van der Waals surface area (Å²) in [6, 6.07) is 13.4. The molecule has 0 spiro atoms. The van der Waals surface area contributed by atoms with E-state index in [0.29, 0.717) is 24.0 Å². The van der Waals surface area contributed by atoms with E-state index in [0.717, 1.165) is 5.56 Å². The monoisotopic (exact) mass is 312 g/mol. The number of aromatic hydroxyl groups is 1. The van der Waals surface area contributed by atoms with Gasteiger partial charge in [0.1, 0.15) is 5.75 Å². The van der Waals surface area contributed by atoms with Crippen LogP contribution >= 0.6 is 0 Å². The minimum absolute atomic E-state index is 0.0379. The van der Waals surface area contributed by atoms with Gasteiger partial charge in [-0.15, -0.1) is 0 Å². The largest absolute Gasteiger partial charge is 0.508 e. The fourth-order valence-corrected chi connectivity index (χ4v) is 2.51. The molecule has 0 fully saturated rings. The summed E-state index contributed by atoms with van der Waals surface area (Å²) in [6.07, 6.45) is 1.25. The lowest BCUT2D eigenvalue weighted by Gasteiger charge is -2.14. The standard InChI is InChI=1S/C19H20O4/c1-3-14(18(21)15-7-9-17(20)10-8-15)11-13-5-4-6-16(12-13)19(22)23-2/h4-10,12,14,20H,3,11H2,1-2H3. The number of ether oxygens (including phenoxy) is 1. The van der Waals surface area contributed by atoms with Crippen molar-refractivity contribution in [1.29, 1.82) is 0 Å².